The Balaban J connectivity index is 1.62. The smallest absolute Gasteiger partial charge is 0.347 e. The molecule has 0 bridgehead atoms. The summed E-state index contributed by atoms with van der Waals surface area (Å²) < 4.78 is 16.9. The van der Waals surface area contributed by atoms with Crippen LogP contribution in [0.5, 0.6) is 17.2 Å². The number of aliphatic carboxylic acids is 1. The van der Waals surface area contributed by atoms with E-state index >= 15 is 0 Å². The van der Waals surface area contributed by atoms with Gasteiger partial charge in [0.1, 0.15) is 5.75 Å². The van der Waals surface area contributed by atoms with Crippen molar-refractivity contribution in [3.05, 3.63) is 76.8 Å². The van der Waals surface area contributed by atoms with Crippen LogP contribution in [0.2, 0.25) is 5.02 Å². The van der Waals surface area contributed by atoms with Crippen molar-refractivity contribution in [2.24, 2.45) is 0 Å². The first-order valence-electron chi connectivity index (χ1n) is 12.5. The molecule has 0 saturated heterocycles. The van der Waals surface area contributed by atoms with Crippen molar-refractivity contribution >= 4 is 23.5 Å². The summed E-state index contributed by atoms with van der Waals surface area (Å²) in [5, 5.41) is 12.8. The van der Waals surface area contributed by atoms with Gasteiger partial charge in [-0.25, -0.2) is 4.79 Å². The van der Waals surface area contributed by atoms with Crippen molar-refractivity contribution in [2.45, 2.75) is 45.6 Å². The Bertz CT molecular complexity index is 1260. The Kier molecular flexibility index (Phi) is 10.0. The number of rotatable bonds is 13. The molecule has 7 nitrogen and oxygen atoms in total. The summed E-state index contributed by atoms with van der Waals surface area (Å²) in [6, 6.07) is 18.4. The predicted molar refractivity (Wildman–Crippen MR) is 149 cm³/mol. The molecule has 0 heterocycles. The molecule has 3 aromatic rings. The standard InChI is InChI=1S/C30H34ClNO6/c1-5-6-17-37-25-14-12-23(31)19-24(25)28(33)32-16-15-20-7-9-21(10-8-20)22-11-13-26(27(18-22)36-4)38-30(2,3)29(34)35/h7-14,18-19H,5-6,15-17H2,1-4H3,(H,32,33)(H,34,35). The molecule has 8 heteroatoms. The zero-order chi connectivity index (χ0) is 27.7. The van der Waals surface area contributed by atoms with Crippen molar-refractivity contribution in [3.63, 3.8) is 0 Å². The average Bonchev–Trinajstić information content (AvgIpc) is 2.90. The number of hydrogen-bond acceptors (Lipinski definition) is 5. The number of methoxy groups -OCH3 is 1. The van der Waals surface area contributed by atoms with Gasteiger partial charge in [0.15, 0.2) is 17.1 Å². The van der Waals surface area contributed by atoms with Gasteiger partial charge in [-0.1, -0.05) is 55.3 Å². The number of nitrogens with one attached hydrogen (secondary N) is 1. The summed E-state index contributed by atoms with van der Waals surface area (Å²) >= 11 is 6.11. The third-order valence-electron chi connectivity index (χ3n) is 5.97. The van der Waals surface area contributed by atoms with E-state index in [9.17, 15) is 14.7 Å². The van der Waals surface area contributed by atoms with Crippen LogP contribution in [0.15, 0.2) is 60.7 Å². The number of hydrogen-bond donors (Lipinski definition) is 2. The lowest BCUT2D eigenvalue weighted by molar-refractivity contribution is -0.152. The fourth-order valence-corrected chi connectivity index (χ4v) is 3.83. The van der Waals surface area contributed by atoms with Gasteiger partial charge >= 0.3 is 5.97 Å². The normalized spacial score (nSPS) is 11.1. The molecular weight excluding hydrogens is 506 g/mol. The second kappa shape index (κ2) is 13.2. The van der Waals surface area contributed by atoms with E-state index < -0.39 is 11.6 Å². The number of carbonyl (C=O) groups is 2. The number of carboxylic acids is 1. The quantitative estimate of drug-likeness (QED) is 0.244. The van der Waals surface area contributed by atoms with Gasteiger partial charge in [0.2, 0.25) is 0 Å². The number of carbonyl (C=O) groups excluding carboxylic acids is 1. The maximum absolute atomic E-state index is 12.8. The summed E-state index contributed by atoms with van der Waals surface area (Å²) in [6.07, 6.45) is 2.57. The van der Waals surface area contributed by atoms with E-state index in [-0.39, 0.29) is 5.91 Å². The lowest BCUT2D eigenvalue weighted by Gasteiger charge is -2.23. The molecule has 0 aliphatic carbocycles. The summed E-state index contributed by atoms with van der Waals surface area (Å²) in [4.78, 5) is 24.2. The van der Waals surface area contributed by atoms with Crippen molar-refractivity contribution in [1.82, 2.24) is 5.32 Å². The Labute approximate surface area is 228 Å². The molecular formula is C30H34ClNO6. The number of carboxylic acid groups (broad SMARTS) is 1. The zero-order valence-electron chi connectivity index (χ0n) is 22.2. The van der Waals surface area contributed by atoms with Gasteiger partial charge in [0.05, 0.1) is 19.3 Å². The molecule has 0 atom stereocenters. The molecule has 0 aliphatic rings. The Hall–Kier alpha value is -3.71. The molecule has 0 unspecified atom stereocenters. The Morgan fingerprint density at radius 1 is 0.947 bits per heavy atom. The van der Waals surface area contributed by atoms with E-state index in [0.717, 1.165) is 29.5 Å². The van der Waals surface area contributed by atoms with Gasteiger partial charge in [-0.05, 0) is 73.7 Å². The van der Waals surface area contributed by atoms with E-state index in [1.54, 1.807) is 24.3 Å². The minimum absolute atomic E-state index is 0.226. The lowest BCUT2D eigenvalue weighted by atomic mass is 10.0. The topological polar surface area (TPSA) is 94.1 Å². The van der Waals surface area contributed by atoms with Crippen LogP contribution < -0.4 is 19.5 Å². The van der Waals surface area contributed by atoms with E-state index in [0.29, 0.717) is 47.4 Å². The highest BCUT2D eigenvalue weighted by molar-refractivity contribution is 6.31. The van der Waals surface area contributed by atoms with Crippen LogP contribution in [0.3, 0.4) is 0 Å². The van der Waals surface area contributed by atoms with Crippen LogP contribution in [0.1, 0.15) is 49.5 Å². The molecule has 0 fully saturated rings. The molecule has 0 radical (unpaired) electrons. The highest BCUT2D eigenvalue weighted by Gasteiger charge is 2.30. The van der Waals surface area contributed by atoms with Crippen LogP contribution in [0.25, 0.3) is 11.1 Å². The summed E-state index contributed by atoms with van der Waals surface area (Å²) in [5.41, 5.74) is 1.97. The molecule has 0 aromatic heterocycles. The monoisotopic (exact) mass is 539 g/mol. The van der Waals surface area contributed by atoms with Crippen molar-refractivity contribution in [3.8, 4) is 28.4 Å². The first kappa shape index (κ1) is 28.9. The molecule has 3 aromatic carbocycles. The molecule has 202 valence electrons. The third kappa shape index (κ3) is 7.65. The molecule has 0 aliphatic heterocycles. The van der Waals surface area contributed by atoms with E-state index in [1.807, 2.05) is 36.4 Å². The van der Waals surface area contributed by atoms with Crippen molar-refractivity contribution in [1.29, 1.82) is 0 Å². The van der Waals surface area contributed by atoms with Crippen LogP contribution in [0.4, 0.5) is 0 Å². The van der Waals surface area contributed by atoms with Crippen molar-refractivity contribution in [2.75, 3.05) is 20.3 Å². The van der Waals surface area contributed by atoms with Gasteiger partial charge in [-0.15, -0.1) is 0 Å². The van der Waals surface area contributed by atoms with Gasteiger partial charge in [0, 0.05) is 11.6 Å². The van der Waals surface area contributed by atoms with Gasteiger partial charge < -0.3 is 24.6 Å². The predicted octanol–water partition coefficient (Wildman–Crippen LogP) is 6.41. The number of halogens is 1. The van der Waals surface area contributed by atoms with E-state index in [2.05, 4.69) is 12.2 Å². The second-order valence-electron chi connectivity index (χ2n) is 9.33. The van der Waals surface area contributed by atoms with Crippen LogP contribution >= 0.6 is 11.6 Å². The fraction of sp³-hybridized carbons (Fsp3) is 0.333. The average molecular weight is 540 g/mol. The molecule has 0 saturated carbocycles. The number of ether oxygens (including phenoxy) is 3. The SMILES string of the molecule is CCCCOc1ccc(Cl)cc1C(=O)NCCc1ccc(-c2ccc(OC(C)(C)C(=O)O)c(OC)c2)cc1. The minimum atomic E-state index is -1.39. The van der Waals surface area contributed by atoms with Gasteiger partial charge in [-0.2, -0.15) is 0 Å². The maximum Gasteiger partial charge on any atom is 0.347 e. The number of benzene rings is 3. The third-order valence-corrected chi connectivity index (χ3v) is 6.21. The Morgan fingerprint density at radius 2 is 1.63 bits per heavy atom. The number of unbranched alkanes of at least 4 members (excludes halogenated alkanes) is 1. The fourth-order valence-electron chi connectivity index (χ4n) is 3.66. The summed E-state index contributed by atoms with van der Waals surface area (Å²) in [5.74, 6) is 0.0419. The van der Waals surface area contributed by atoms with E-state index in [1.165, 1.54) is 21.0 Å². The maximum atomic E-state index is 12.8. The highest BCUT2D eigenvalue weighted by atomic mass is 35.5. The second-order valence-corrected chi connectivity index (χ2v) is 9.76. The van der Waals surface area contributed by atoms with Gasteiger partial charge in [-0.3, -0.25) is 4.79 Å². The largest absolute Gasteiger partial charge is 0.493 e. The van der Waals surface area contributed by atoms with Crippen molar-refractivity contribution < 1.29 is 28.9 Å². The minimum Gasteiger partial charge on any atom is -0.493 e. The van der Waals surface area contributed by atoms with Crippen LogP contribution in [-0.4, -0.2) is 42.8 Å². The summed E-state index contributed by atoms with van der Waals surface area (Å²) in [6.45, 7) is 6.06. The lowest BCUT2D eigenvalue weighted by Crippen LogP contribution is -2.37. The summed E-state index contributed by atoms with van der Waals surface area (Å²) in [7, 11) is 1.51. The molecule has 0 spiro atoms. The first-order valence-corrected chi connectivity index (χ1v) is 12.9. The first-order chi connectivity index (χ1) is 18.1. The molecule has 1 amide bonds. The van der Waals surface area contributed by atoms with Gasteiger partial charge in [0.25, 0.3) is 5.91 Å². The van der Waals surface area contributed by atoms with Crippen LogP contribution in [-0.2, 0) is 11.2 Å². The molecule has 38 heavy (non-hydrogen) atoms. The number of amides is 1. The Morgan fingerprint density at radius 3 is 2.29 bits per heavy atom. The van der Waals surface area contributed by atoms with E-state index in [4.69, 9.17) is 25.8 Å². The molecule has 2 N–H and O–H groups in total. The highest BCUT2D eigenvalue weighted by Crippen LogP contribution is 2.35. The van der Waals surface area contributed by atoms with Crippen LogP contribution in [0, 0.1) is 0 Å². The zero-order valence-corrected chi connectivity index (χ0v) is 22.9. The molecule has 3 rings (SSSR count).